The third-order valence-corrected chi connectivity index (χ3v) is 6.56. The van der Waals surface area contributed by atoms with Crippen molar-refractivity contribution in [2.24, 2.45) is 0 Å². The Morgan fingerprint density at radius 3 is 2.47 bits per heavy atom. The molecule has 1 aromatic carbocycles. The van der Waals surface area contributed by atoms with Crippen LogP contribution in [0.3, 0.4) is 0 Å². The fourth-order valence-corrected chi connectivity index (χ4v) is 4.82. The lowest BCUT2D eigenvalue weighted by atomic mass is 10.1. The number of thiazole rings is 1. The average molecular weight is 474 g/mol. The molecule has 0 saturated carbocycles. The van der Waals surface area contributed by atoms with E-state index in [0.717, 1.165) is 37.5 Å². The molecule has 1 fully saturated rings. The van der Waals surface area contributed by atoms with Crippen LogP contribution >= 0.6 is 11.3 Å². The maximum Gasteiger partial charge on any atom is 0.240 e. The van der Waals surface area contributed by atoms with E-state index in [-0.39, 0.29) is 18.2 Å². The van der Waals surface area contributed by atoms with E-state index in [4.69, 9.17) is 4.42 Å². The molecule has 5 rings (SSSR count). The Kier molecular flexibility index (Phi) is 6.46. The number of hydrogen-bond donors (Lipinski definition) is 1. The van der Waals surface area contributed by atoms with Gasteiger partial charge in [-0.25, -0.2) is 4.98 Å². The number of nitrogens with one attached hydrogen (secondary N) is 1. The van der Waals surface area contributed by atoms with Gasteiger partial charge in [0.25, 0.3) is 0 Å². The van der Waals surface area contributed by atoms with Crippen molar-refractivity contribution in [2.75, 3.05) is 42.9 Å². The summed E-state index contributed by atoms with van der Waals surface area (Å²) in [5.41, 5.74) is 1.91. The number of amides is 1. The summed E-state index contributed by atoms with van der Waals surface area (Å²) >= 11 is 1.13. The number of nitrogens with zero attached hydrogens (tertiary/aromatic N) is 4. The van der Waals surface area contributed by atoms with E-state index in [2.05, 4.69) is 37.2 Å². The van der Waals surface area contributed by atoms with Gasteiger partial charge in [0.15, 0.2) is 10.9 Å². The summed E-state index contributed by atoms with van der Waals surface area (Å²) < 4.78 is 5.48. The van der Waals surface area contributed by atoms with Gasteiger partial charge in [-0.3, -0.25) is 19.5 Å². The number of anilines is 2. The molecule has 1 amide bonds. The Labute approximate surface area is 200 Å². The minimum atomic E-state index is -0.262. The highest BCUT2D eigenvalue weighted by atomic mass is 32.1. The number of pyridine rings is 1. The molecule has 0 aliphatic carbocycles. The second kappa shape index (κ2) is 9.98. The van der Waals surface area contributed by atoms with Crippen LogP contribution in [0, 0.1) is 0 Å². The number of carbonyl (C=O) groups is 2. The van der Waals surface area contributed by atoms with E-state index < -0.39 is 0 Å². The zero-order valence-electron chi connectivity index (χ0n) is 18.4. The van der Waals surface area contributed by atoms with Gasteiger partial charge in [-0.1, -0.05) is 35.6 Å². The van der Waals surface area contributed by atoms with Crippen molar-refractivity contribution in [3.8, 4) is 11.5 Å². The Morgan fingerprint density at radius 2 is 1.76 bits per heavy atom. The average Bonchev–Trinajstić information content (AvgIpc) is 3.55. The highest BCUT2D eigenvalue weighted by Crippen LogP contribution is 2.33. The number of piperazine rings is 1. The third kappa shape index (κ3) is 4.90. The summed E-state index contributed by atoms with van der Waals surface area (Å²) in [6, 6.07) is 18.9. The van der Waals surface area contributed by atoms with Crippen LogP contribution in [-0.2, 0) is 4.79 Å². The molecule has 34 heavy (non-hydrogen) atoms. The zero-order valence-corrected chi connectivity index (χ0v) is 19.2. The summed E-state index contributed by atoms with van der Waals surface area (Å²) in [5, 5.41) is 3.22. The fourth-order valence-electron chi connectivity index (χ4n) is 3.89. The maximum atomic E-state index is 13.1. The predicted molar refractivity (Wildman–Crippen MR) is 131 cm³/mol. The molecule has 0 unspecified atom stereocenters. The SMILES string of the molecule is O=C(CN1CCN(c2ccccc2)CC1)Nc1nc(-c2ccco2)c(C(=O)c2ccccn2)s1. The van der Waals surface area contributed by atoms with E-state index in [0.29, 0.717) is 27.2 Å². The third-order valence-electron chi connectivity index (χ3n) is 5.59. The molecule has 1 aliphatic rings. The van der Waals surface area contributed by atoms with Crippen molar-refractivity contribution < 1.29 is 14.0 Å². The monoisotopic (exact) mass is 473 g/mol. The zero-order chi connectivity index (χ0) is 23.3. The molecule has 0 bridgehead atoms. The Hall–Kier alpha value is -3.82. The van der Waals surface area contributed by atoms with Gasteiger partial charge < -0.3 is 14.6 Å². The molecule has 172 valence electrons. The van der Waals surface area contributed by atoms with Crippen LogP contribution in [-0.4, -0.2) is 59.3 Å². The smallest absolute Gasteiger partial charge is 0.240 e. The van der Waals surface area contributed by atoms with Crippen molar-refractivity contribution in [1.82, 2.24) is 14.9 Å². The lowest BCUT2D eigenvalue weighted by molar-refractivity contribution is -0.117. The molecule has 3 aromatic heterocycles. The summed E-state index contributed by atoms with van der Waals surface area (Å²) in [4.78, 5) is 39.3. The van der Waals surface area contributed by atoms with Crippen LogP contribution in [0.2, 0.25) is 0 Å². The van der Waals surface area contributed by atoms with Crippen molar-refractivity contribution in [1.29, 1.82) is 0 Å². The van der Waals surface area contributed by atoms with E-state index in [9.17, 15) is 9.59 Å². The van der Waals surface area contributed by atoms with Gasteiger partial charge in [-0.05, 0) is 36.4 Å². The summed E-state index contributed by atoms with van der Waals surface area (Å²) in [7, 11) is 0. The lowest BCUT2D eigenvalue weighted by Crippen LogP contribution is -2.48. The Bertz CT molecular complexity index is 1250. The number of rotatable bonds is 7. The van der Waals surface area contributed by atoms with Gasteiger partial charge in [0, 0.05) is 38.1 Å². The fraction of sp³-hybridized carbons (Fsp3) is 0.200. The molecule has 1 N–H and O–H groups in total. The predicted octanol–water partition coefficient (Wildman–Crippen LogP) is 3.79. The molecule has 1 saturated heterocycles. The van der Waals surface area contributed by atoms with Crippen LogP contribution in [0.15, 0.2) is 77.5 Å². The molecule has 1 aliphatic heterocycles. The highest BCUT2D eigenvalue weighted by Gasteiger charge is 2.25. The van der Waals surface area contributed by atoms with Gasteiger partial charge in [-0.15, -0.1) is 0 Å². The molecule has 9 heteroatoms. The standard InChI is InChI=1S/C25H23N5O3S/c31-21(17-29-12-14-30(15-13-29)18-7-2-1-3-8-18)27-25-28-22(20-10-6-16-33-20)24(34-25)23(32)19-9-4-5-11-26-19/h1-11,16H,12-15,17H2,(H,27,28,31). The number of furan rings is 1. The van der Waals surface area contributed by atoms with Gasteiger partial charge >= 0.3 is 0 Å². The minimum absolute atomic E-state index is 0.162. The number of hydrogen-bond acceptors (Lipinski definition) is 8. The molecule has 4 aromatic rings. The number of para-hydroxylation sites is 1. The van der Waals surface area contributed by atoms with Crippen LogP contribution in [0.1, 0.15) is 15.4 Å². The van der Waals surface area contributed by atoms with Crippen LogP contribution in [0.4, 0.5) is 10.8 Å². The Balaban J connectivity index is 1.25. The minimum Gasteiger partial charge on any atom is -0.463 e. The molecule has 4 heterocycles. The Morgan fingerprint density at radius 1 is 0.971 bits per heavy atom. The highest BCUT2D eigenvalue weighted by molar-refractivity contribution is 7.18. The van der Waals surface area contributed by atoms with Gasteiger partial charge in [0.2, 0.25) is 11.7 Å². The van der Waals surface area contributed by atoms with E-state index in [1.54, 1.807) is 36.5 Å². The van der Waals surface area contributed by atoms with E-state index >= 15 is 0 Å². The second-order valence-electron chi connectivity index (χ2n) is 7.87. The molecular formula is C25H23N5O3S. The topological polar surface area (TPSA) is 91.6 Å². The first kappa shape index (κ1) is 22.0. The molecular weight excluding hydrogens is 450 g/mol. The summed E-state index contributed by atoms with van der Waals surface area (Å²) in [6.07, 6.45) is 3.10. The van der Waals surface area contributed by atoms with Crippen molar-refractivity contribution in [3.63, 3.8) is 0 Å². The first-order valence-corrected chi connectivity index (χ1v) is 11.8. The van der Waals surface area contributed by atoms with Crippen molar-refractivity contribution in [3.05, 3.63) is 83.7 Å². The van der Waals surface area contributed by atoms with Crippen LogP contribution < -0.4 is 10.2 Å². The second-order valence-corrected chi connectivity index (χ2v) is 8.86. The molecule has 0 atom stereocenters. The summed E-state index contributed by atoms with van der Waals surface area (Å²) in [5.74, 6) is 0.0415. The van der Waals surface area contributed by atoms with E-state index in [1.165, 1.54) is 12.0 Å². The quantitative estimate of drug-likeness (QED) is 0.408. The number of carbonyl (C=O) groups excluding carboxylic acids is 2. The molecule has 8 nitrogen and oxygen atoms in total. The largest absolute Gasteiger partial charge is 0.463 e. The van der Waals surface area contributed by atoms with Crippen molar-refractivity contribution >= 4 is 33.8 Å². The number of benzene rings is 1. The number of aromatic nitrogens is 2. The van der Waals surface area contributed by atoms with Crippen LogP contribution in [0.25, 0.3) is 11.5 Å². The number of ketones is 1. The normalized spacial score (nSPS) is 14.2. The van der Waals surface area contributed by atoms with Gasteiger partial charge in [0.1, 0.15) is 16.3 Å². The van der Waals surface area contributed by atoms with Crippen LogP contribution in [0.5, 0.6) is 0 Å². The van der Waals surface area contributed by atoms with Gasteiger partial charge in [-0.2, -0.15) is 0 Å². The van der Waals surface area contributed by atoms with Crippen molar-refractivity contribution in [2.45, 2.75) is 0 Å². The maximum absolute atomic E-state index is 13.1. The molecule has 0 radical (unpaired) electrons. The first-order chi connectivity index (χ1) is 16.7. The van der Waals surface area contributed by atoms with E-state index in [1.807, 2.05) is 18.2 Å². The van der Waals surface area contributed by atoms with Gasteiger partial charge in [0.05, 0.1) is 12.8 Å². The lowest BCUT2D eigenvalue weighted by Gasteiger charge is -2.35. The first-order valence-electron chi connectivity index (χ1n) is 11.0. The summed E-state index contributed by atoms with van der Waals surface area (Å²) in [6.45, 7) is 3.57. The molecule has 0 spiro atoms.